The largest absolute Gasteiger partial charge is 0.473 e. The summed E-state index contributed by atoms with van der Waals surface area (Å²) < 4.78 is 5.05. The van der Waals surface area contributed by atoms with E-state index in [-0.39, 0.29) is 5.97 Å². The minimum atomic E-state index is -1.82. The maximum Gasteiger partial charge on any atom is 0.414 e. The molecule has 0 bridgehead atoms. The second kappa shape index (κ2) is 9.87. The Kier molecular flexibility index (Phi) is 7.88. The summed E-state index contributed by atoms with van der Waals surface area (Å²) in [5, 5.41) is 18.1. The number of nitrogens with one attached hydrogen (secondary N) is 2. The Bertz CT molecular complexity index is 755. The van der Waals surface area contributed by atoms with Crippen molar-refractivity contribution in [2.24, 2.45) is 0 Å². The van der Waals surface area contributed by atoms with Crippen molar-refractivity contribution >= 4 is 23.6 Å². The van der Waals surface area contributed by atoms with E-state index in [0.717, 1.165) is 22.5 Å². The highest BCUT2D eigenvalue weighted by Crippen LogP contribution is 2.20. The average molecular weight is 362 g/mol. The minimum absolute atomic E-state index is 0.293. The number of aliphatic carboxylic acids is 2. The highest BCUT2D eigenvalue weighted by Gasteiger charge is 2.17. The Balaban J connectivity index is 0.000000487. The van der Waals surface area contributed by atoms with Gasteiger partial charge < -0.3 is 25.3 Å². The molecule has 0 unspecified atom stereocenters. The molecule has 1 heterocycles. The Labute approximate surface area is 150 Å². The Hall–Kier alpha value is -3.29. The van der Waals surface area contributed by atoms with E-state index in [9.17, 15) is 4.79 Å². The molecule has 0 amide bonds. The number of carboxylic acid groups (broad SMARTS) is 2. The summed E-state index contributed by atoms with van der Waals surface area (Å²) >= 11 is 0. The van der Waals surface area contributed by atoms with Crippen LogP contribution in [0.25, 0.3) is 0 Å². The lowest BCUT2D eigenvalue weighted by Crippen LogP contribution is -2.09. The first-order chi connectivity index (χ1) is 12.3. The van der Waals surface area contributed by atoms with Gasteiger partial charge in [0.25, 0.3) is 0 Å². The third-order valence-electron chi connectivity index (χ3n) is 3.50. The predicted molar refractivity (Wildman–Crippen MR) is 95.3 cm³/mol. The number of hydrogen-bond donors (Lipinski definition) is 4. The highest BCUT2D eigenvalue weighted by molar-refractivity contribution is 6.27. The van der Waals surface area contributed by atoms with E-state index in [2.05, 4.69) is 10.3 Å². The van der Waals surface area contributed by atoms with Crippen molar-refractivity contribution in [2.75, 3.05) is 11.9 Å². The van der Waals surface area contributed by atoms with Crippen LogP contribution in [0.2, 0.25) is 0 Å². The normalized spacial score (nSPS) is 9.65. The molecular weight excluding hydrogens is 340 g/mol. The van der Waals surface area contributed by atoms with Gasteiger partial charge in [-0.2, -0.15) is 0 Å². The van der Waals surface area contributed by atoms with Crippen LogP contribution in [0.1, 0.15) is 34.2 Å². The zero-order valence-electron chi connectivity index (χ0n) is 14.8. The van der Waals surface area contributed by atoms with Gasteiger partial charge in [-0.1, -0.05) is 18.2 Å². The number of benzene rings is 1. The molecule has 0 spiro atoms. The number of para-hydroxylation sites is 1. The Morgan fingerprint density at radius 3 is 2.15 bits per heavy atom. The van der Waals surface area contributed by atoms with E-state index in [1.165, 1.54) is 0 Å². The van der Waals surface area contributed by atoms with Gasteiger partial charge >= 0.3 is 17.9 Å². The predicted octanol–water partition coefficient (Wildman–Crippen LogP) is 2.58. The lowest BCUT2D eigenvalue weighted by atomic mass is 10.1. The summed E-state index contributed by atoms with van der Waals surface area (Å²) in [6.45, 7) is 6.78. The number of hydrogen-bond acceptors (Lipinski definition) is 5. The van der Waals surface area contributed by atoms with Crippen molar-refractivity contribution in [2.45, 2.75) is 27.3 Å². The van der Waals surface area contributed by atoms with Crippen LogP contribution in [0.4, 0.5) is 5.69 Å². The maximum absolute atomic E-state index is 11.8. The molecule has 26 heavy (non-hydrogen) atoms. The fourth-order valence-electron chi connectivity index (χ4n) is 2.21. The van der Waals surface area contributed by atoms with Crippen LogP contribution >= 0.6 is 0 Å². The van der Waals surface area contributed by atoms with Crippen LogP contribution in [-0.2, 0) is 20.9 Å². The Morgan fingerprint density at radius 2 is 1.65 bits per heavy atom. The molecule has 8 nitrogen and oxygen atoms in total. The second-order valence-electron chi connectivity index (χ2n) is 5.28. The third-order valence-corrected chi connectivity index (χ3v) is 3.50. The van der Waals surface area contributed by atoms with Gasteiger partial charge in [-0.05, 0) is 44.0 Å². The first kappa shape index (κ1) is 20.8. The van der Waals surface area contributed by atoms with E-state index < -0.39 is 11.9 Å². The maximum atomic E-state index is 11.8. The summed E-state index contributed by atoms with van der Waals surface area (Å²) in [5.74, 6) is -3.94. The molecule has 0 radical (unpaired) electrons. The van der Waals surface area contributed by atoms with E-state index in [0.29, 0.717) is 18.8 Å². The smallest absolute Gasteiger partial charge is 0.414 e. The van der Waals surface area contributed by atoms with Gasteiger partial charge in [0.2, 0.25) is 0 Å². The molecule has 0 aliphatic carbocycles. The average Bonchev–Trinajstić information content (AvgIpc) is 2.89. The number of aryl methyl sites for hydroxylation is 1. The van der Waals surface area contributed by atoms with Crippen LogP contribution in [0.15, 0.2) is 30.3 Å². The van der Waals surface area contributed by atoms with Gasteiger partial charge in [0.05, 0.1) is 6.61 Å². The number of aromatic nitrogens is 1. The summed E-state index contributed by atoms with van der Waals surface area (Å²) in [7, 11) is 0. The number of carbonyl (C=O) groups is 3. The van der Waals surface area contributed by atoms with Crippen molar-refractivity contribution in [3.05, 3.63) is 52.8 Å². The van der Waals surface area contributed by atoms with E-state index in [1.807, 2.05) is 44.2 Å². The quantitative estimate of drug-likeness (QED) is 0.475. The zero-order chi connectivity index (χ0) is 19.7. The van der Waals surface area contributed by atoms with Crippen molar-refractivity contribution in [1.82, 2.24) is 4.98 Å². The van der Waals surface area contributed by atoms with Crippen LogP contribution in [0.5, 0.6) is 0 Å². The molecule has 0 atom stereocenters. The first-order valence-electron chi connectivity index (χ1n) is 7.88. The number of carbonyl (C=O) groups excluding carboxylic acids is 1. The van der Waals surface area contributed by atoms with Gasteiger partial charge in [-0.3, -0.25) is 0 Å². The molecule has 4 N–H and O–H groups in total. The molecule has 0 aliphatic heterocycles. The van der Waals surface area contributed by atoms with E-state index in [4.69, 9.17) is 24.5 Å². The molecule has 0 aliphatic rings. The fourth-order valence-corrected chi connectivity index (χ4v) is 2.21. The Morgan fingerprint density at radius 1 is 1.08 bits per heavy atom. The van der Waals surface area contributed by atoms with Gasteiger partial charge in [-0.25, -0.2) is 14.4 Å². The van der Waals surface area contributed by atoms with Crippen LogP contribution < -0.4 is 5.32 Å². The van der Waals surface area contributed by atoms with Crippen LogP contribution in [0, 0.1) is 13.8 Å². The number of carboxylic acids is 2. The topological polar surface area (TPSA) is 129 Å². The number of ether oxygens (including phenoxy) is 1. The van der Waals surface area contributed by atoms with Gasteiger partial charge in [0.15, 0.2) is 0 Å². The van der Waals surface area contributed by atoms with E-state index >= 15 is 0 Å². The van der Waals surface area contributed by atoms with Crippen molar-refractivity contribution in [3.8, 4) is 0 Å². The molecule has 2 rings (SSSR count). The number of H-pyrrole nitrogens is 1. The molecule has 2 aromatic rings. The van der Waals surface area contributed by atoms with E-state index in [1.54, 1.807) is 6.92 Å². The lowest BCUT2D eigenvalue weighted by molar-refractivity contribution is -0.159. The van der Waals surface area contributed by atoms with Crippen molar-refractivity contribution in [3.63, 3.8) is 0 Å². The summed E-state index contributed by atoms with van der Waals surface area (Å²) in [4.78, 5) is 33.1. The molecular formula is C18H22N2O6. The number of rotatable bonds is 5. The zero-order valence-corrected chi connectivity index (χ0v) is 14.8. The van der Waals surface area contributed by atoms with Crippen molar-refractivity contribution in [1.29, 1.82) is 0 Å². The highest BCUT2D eigenvalue weighted by atomic mass is 16.5. The van der Waals surface area contributed by atoms with Gasteiger partial charge in [0.1, 0.15) is 5.69 Å². The SMILES string of the molecule is CCOC(=O)c1[nH]c(C)c(CNc2ccccc2)c1C.O=C(O)C(=O)O. The van der Waals surface area contributed by atoms with Gasteiger partial charge in [0, 0.05) is 17.9 Å². The minimum Gasteiger partial charge on any atom is -0.473 e. The molecule has 0 fully saturated rings. The summed E-state index contributed by atoms with van der Waals surface area (Å²) in [5.41, 5.74) is 4.66. The first-order valence-corrected chi connectivity index (χ1v) is 7.88. The molecule has 140 valence electrons. The summed E-state index contributed by atoms with van der Waals surface area (Å²) in [6.07, 6.45) is 0. The second-order valence-corrected chi connectivity index (χ2v) is 5.28. The lowest BCUT2D eigenvalue weighted by Gasteiger charge is -2.07. The fraction of sp³-hybridized carbons (Fsp3) is 0.278. The molecule has 8 heteroatoms. The van der Waals surface area contributed by atoms with Gasteiger partial charge in [-0.15, -0.1) is 0 Å². The number of aromatic amines is 1. The molecule has 0 saturated heterocycles. The van der Waals surface area contributed by atoms with Crippen LogP contribution in [0.3, 0.4) is 0 Å². The van der Waals surface area contributed by atoms with Crippen LogP contribution in [-0.4, -0.2) is 39.7 Å². The summed E-state index contributed by atoms with van der Waals surface area (Å²) in [6, 6.07) is 10.00. The number of esters is 1. The monoisotopic (exact) mass is 362 g/mol. The molecule has 0 saturated carbocycles. The van der Waals surface area contributed by atoms with Crippen molar-refractivity contribution < 1.29 is 29.3 Å². The third kappa shape index (κ3) is 5.97. The standard InChI is InChI=1S/C16H20N2O2.C2H2O4/c1-4-20-16(19)15-11(2)14(12(3)18-15)10-17-13-8-6-5-7-9-13;3-1(4)2(5)6/h5-9,17-18H,4,10H2,1-3H3;(H,3,4)(H,5,6). The molecule has 1 aromatic carbocycles. The molecule has 1 aromatic heterocycles. The number of anilines is 1.